The fraction of sp³-hybridized carbons (Fsp3) is 0.458. The van der Waals surface area contributed by atoms with Crippen molar-refractivity contribution in [1.29, 1.82) is 0 Å². The average molecular weight is 397 g/mol. The average Bonchev–Trinajstić information content (AvgIpc) is 3.33. The van der Waals surface area contributed by atoms with Crippen LogP contribution >= 0.6 is 0 Å². The van der Waals surface area contributed by atoms with Gasteiger partial charge in [0.15, 0.2) is 8.32 Å². The van der Waals surface area contributed by atoms with Crippen LogP contribution in [0, 0.1) is 0 Å². The number of carbonyl (C=O) groups is 1. The number of carbonyl (C=O) groups excluding carboxylic acids is 1. The summed E-state index contributed by atoms with van der Waals surface area (Å²) in [6, 6.07) is 20.2. The third-order valence-corrected chi connectivity index (χ3v) is 10.9. The van der Waals surface area contributed by atoms with Gasteiger partial charge in [0.05, 0.1) is 6.61 Å². The van der Waals surface area contributed by atoms with Crippen molar-refractivity contribution in [2.45, 2.75) is 63.3 Å². The standard InChI is InChI=1S/C24H32O3Si/c1-7-26-21(25)23(19-14-10-8-11-15-19)18-24(23,20-16-12-9-13-17-20)27-28(5,6)22(2,3)4/h8-17H,7,18H2,1-6H3/t23-,24-/m1/s1. The van der Waals surface area contributed by atoms with Gasteiger partial charge >= 0.3 is 5.97 Å². The minimum atomic E-state index is -2.16. The Labute approximate surface area is 170 Å². The van der Waals surface area contributed by atoms with Crippen molar-refractivity contribution in [2.75, 3.05) is 6.61 Å². The molecule has 3 nitrogen and oxygen atoms in total. The molecule has 0 radical (unpaired) electrons. The molecule has 1 fully saturated rings. The molecule has 1 aliphatic carbocycles. The maximum Gasteiger partial charge on any atom is 0.319 e. The number of benzene rings is 2. The van der Waals surface area contributed by atoms with Crippen LogP contribution in [0.5, 0.6) is 0 Å². The summed E-state index contributed by atoms with van der Waals surface area (Å²) in [6.07, 6.45) is 0.610. The first-order valence-electron chi connectivity index (χ1n) is 10.1. The number of esters is 1. The minimum Gasteiger partial charge on any atom is -0.465 e. The number of ether oxygens (including phenoxy) is 1. The number of rotatable bonds is 6. The van der Waals surface area contributed by atoms with E-state index in [4.69, 9.17) is 9.16 Å². The number of hydrogen-bond donors (Lipinski definition) is 0. The summed E-state index contributed by atoms with van der Waals surface area (Å²) < 4.78 is 12.7. The maximum atomic E-state index is 13.4. The molecule has 0 aliphatic heterocycles. The summed E-state index contributed by atoms with van der Waals surface area (Å²) in [4.78, 5) is 13.4. The molecule has 4 heteroatoms. The molecule has 3 rings (SSSR count). The van der Waals surface area contributed by atoms with Crippen molar-refractivity contribution in [3.63, 3.8) is 0 Å². The second-order valence-corrected chi connectivity index (χ2v) is 13.9. The van der Waals surface area contributed by atoms with E-state index in [-0.39, 0.29) is 11.0 Å². The van der Waals surface area contributed by atoms with E-state index >= 15 is 0 Å². The molecule has 0 bridgehead atoms. The fourth-order valence-corrected chi connectivity index (χ4v) is 5.36. The second-order valence-electron chi connectivity index (χ2n) is 9.22. The largest absolute Gasteiger partial charge is 0.465 e. The van der Waals surface area contributed by atoms with Crippen LogP contribution in [0.1, 0.15) is 45.2 Å². The second kappa shape index (κ2) is 7.16. The van der Waals surface area contributed by atoms with Crippen LogP contribution < -0.4 is 0 Å². The molecule has 0 heterocycles. The van der Waals surface area contributed by atoms with Crippen LogP contribution in [0.15, 0.2) is 60.7 Å². The summed E-state index contributed by atoms with van der Waals surface area (Å²) in [5, 5.41) is 0.0362. The summed E-state index contributed by atoms with van der Waals surface area (Å²) in [5.41, 5.74) is 0.527. The molecule has 0 saturated heterocycles. The van der Waals surface area contributed by atoms with E-state index in [2.05, 4.69) is 46.0 Å². The molecule has 2 aromatic rings. The molecule has 28 heavy (non-hydrogen) atoms. The zero-order chi connectivity index (χ0) is 20.6. The van der Waals surface area contributed by atoms with Crippen molar-refractivity contribution in [1.82, 2.24) is 0 Å². The highest BCUT2D eigenvalue weighted by Gasteiger charge is 2.77. The van der Waals surface area contributed by atoms with E-state index in [1.54, 1.807) is 0 Å². The first-order valence-corrected chi connectivity index (χ1v) is 13.0. The van der Waals surface area contributed by atoms with Crippen molar-refractivity contribution in [3.8, 4) is 0 Å². The van der Waals surface area contributed by atoms with Crippen molar-refractivity contribution < 1.29 is 14.0 Å². The molecular weight excluding hydrogens is 364 g/mol. The molecule has 2 aromatic carbocycles. The Morgan fingerprint density at radius 3 is 1.93 bits per heavy atom. The van der Waals surface area contributed by atoms with Gasteiger partial charge in [0.25, 0.3) is 0 Å². The lowest BCUT2D eigenvalue weighted by atomic mass is 9.88. The molecular formula is C24H32O3Si. The van der Waals surface area contributed by atoms with Gasteiger partial charge in [-0.1, -0.05) is 81.4 Å². The Hall–Kier alpha value is -1.91. The summed E-state index contributed by atoms with van der Waals surface area (Å²) in [5.74, 6) is -0.191. The Morgan fingerprint density at radius 1 is 0.964 bits per heavy atom. The van der Waals surface area contributed by atoms with E-state index in [9.17, 15) is 4.79 Å². The quantitative estimate of drug-likeness (QED) is 0.457. The Morgan fingerprint density at radius 2 is 1.46 bits per heavy atom. The van der Waals surface area contributed by atoms with Crippen molar-refractivity contribution >= 4 is 14.3 Å². The lowest BCUT2D eigenvalue weighted by Gasteiger charge is -2.41. The van der Waals surface area contributed by atoms with Crippen LogP contribution in [0.2, 0.25) is 18.1 Å². The van der Waals surface area contributed by atoms with Crippen LogP contribution in [0.25, 0.3) is 0 Å². The fourth-order valence-electron chi connectivity index (χ4n) is 3.82. The van der Waals surface area contributed by atoms with E-state index < -0.39 is 19.3 Å². The topological polar surface area (TPSA) is 35.5 Å². The Bertz CT molecular complexity index is 826. The zero-order valence-corrected chi connectivity index (χ0v) is 18.9. The molecule has 150 valence electrons. The molecule has 1 aliphatic rings. The summed E-state index contributed by atoms with van der Waals surface area (Å²) in [6.45, 7) is 13.4. The maximum absolute atomic E-state index is 13.4. The smallest absolute Gasteiger partial charge is 0.319 e. The monoisotopic (exact) mass is 396 g/mol. The highest BCUT2D eigenvalue weighted by atomic mass is 28.4. The van der Waals surface area contributed by atoms with Crippen molar-refractivity contribution in [2.24, 2.45) is 0 Å². The summed E-state index contributed by atoms with van der Waals surface area (Å²) >= 11 is 0. The first-order chi connectivity index (χ1) is 13.1. The van der Waals surface area contributed by atoms with Crippen molar-refractivity contribution in [3.05, 3.63) is 71.8 Å². The van der Waals surface area contributed by atoms with Crippen LogP contribution in [-0.2, 0) is 25.0 Å². The number of hydrogen-bond acceptors (Lipinski definition) is 3. The van der Waals surface area contributed by atoms with Gasteiger partial charge in [-0.05, 0) is 36.2 Å². The highest BCUT2D eigenvalue weighted by molar-refractivity contribution is 6.74. The molecule has 0 aromatic heterocycles. The SMILES string of the molecule is CCOC(=O)[C@]1(c2ccccc2)C[C@@]1(O[Si](C)(C)C(C)(C)C)c1ccccc1. The normalized spacial score (nSPS) is 24.6. The summed E-state index contributed by atoms with van der Waals surface area (Å²) in [7, 11) is -2.16. The minimum absolute atomic E-state index is 0.0362. The van der Waals surface area contributed by atoms with Gasteiger partial charge in [-0.2, -0.15) is 0 Å². The highest BCUT2D eigenvalue weighted by Crippen LogP contribution is 2.68. The van der Waals surface area contributed by atoms with Gasteiger partial charge in [0.2, 0.25) is 0 Å². The predicted octanol–water partition coefficient (Wildman–Crippen LogP) is 5.81. The van der Waals surface area contributed by atoms with Gasteiger partial charge in [-0.3, -0.25) is 4.79 Å². The van der Waals surface area contributed by atoms with Crippen LogP contribution in [0.3, 0.4) is 0 Å². The van der Waals surface area contributed by atoms with Gasteiger partial charge in [0.1, 0.15) is 11.0 Å². The van der Waals surface area contributed by atoms with Gasteiger partial charge in [-0.15, -0.1) is 0 Å². The Kier molecular flexibility index (Phi) is 5.32. The predicted molar refractivity (Wildman–Crippen MR) is 116 cm³/mol. The third-order valence-electron chi connectivity index (χ3n) is 6.44. The van der Waals surface area contributed by atoms with E-state index in [0.29, 0.717) is 13.0 Å². The molecule has 0 spiro atoms. The molecule has 0 N–H and O–H groups in total. The molecule has 1 saturated carbocycles. The lowest BCUT2D eigenvalue weighted by molar-refractivity contribution is -0.148. The van der Waals surface area contributed by atoms with Crippen LogP contribution in [-0.4, -0.2) is 20.9 Å². The zero-order valence-electron chi connectivity index (χ0n) is 17.9. The van der Waals surface area contributed by atoms with E-state index in [1.807, 2.05) is 55.5 Å². The Balaban J connectivity index is 2.19. The molecule has 2 atom stereocenters. The van der Waals surface area contributed by atoms with E-state index in [1.165, 1.54) is 0 Å². The molecule has 0 unspecified atom stereocenters. The van der Waals surface area contributed by atoms with Gasteiger partial charge in [0, 0.05) is 6.42 Å². The van der Waals surface area contributed by atoms with Gasteiger partial charge in [-0.25, -0.2) is 0 Å². The third kappa shape index (κ3) is 3.23. The van der Waals surface area contributed by atoms with E-state index in [0.717, 1.165) is 11.1 Å². The first kappa shape index (κ1) is 20.8. The van der Waals surface area contributed by atoms with Crippen LogP contribution in [0.4, 0.5) is 0 Å². The van der Waals surface area contributed by atoms with Gasteiger partial charge < -0.3 is 9.16 Å². The lowest BCUT2D eigenvalue weighted by Crippen LogP contribution is -2.47. The molecule has 0 amide bonds.